The van der Waals surface area contributed by atoms with Crippen LogP contribution in [-0.4, -0.2) is 18.5 Å². The fraction of sp³-hybridized carbons (Fsp3) is 0.889. The van der Waals surface area contributed by atoms with Gasteiger partial charge in [-0.3, -0.25) is 5.41 Å². The topological polar surface area (TPSA) is 59.1 Å². The Bertz CT molecular complexity index is 155. The Morgan fingerprint density at radius 2 is 2.33 bits per heavy atom. The van der Waals surface area contributed by atoms with E-state index in [0.717, 1.165) is 25.4 Å². The summed E-state index contributed by atoms with van der Waals surface area (Å²) in [7, 11) is 0. The SMILES string of the molecule is CCC(OCCC1CC1)C(=N)N. The molecule has 12 heavy (non-hydrogen) atoms. The Labute approximate surface area is 73.8 Å². The minimum Gasteiger partial charge on any atom is -0.385 e. The van der Waals surface area contributed by atoms with Gasteiger partial charge < -0.3 is 10.5 Å². The molecule has 1 atom stereocenters. The van der Waals surface area contributed by atoms with Gasteiger partial charge in [-0.05, 0) is 18.8 Å². The average Bonchev–Trinajstić information content (AvgIpc) is 2.80. The molecule has 0 aliphatic heterocycles. The Kier molecular flexibility index (Phi) is 3.53. The highest BCUT2D eigenvalue weighted by Gasteiger charge is 2.21. The molecule has 1 aliphatic carbocycles. The van der Waals surface area contributed by atoms with Gasteiger partial charge in [-0.2, -0.15) is 0 Å². The van der Waals surface area contributed by atoms with Gasteiger partial charge in [-0.25, -0.2) is 0 Å². The van der Waals surface area contributed by atoms with E-state index >= 15 is 0 Å². The molecule has 0 aromatic rings. The Balaban J connectivity index is 2.05. The number of rotatable bonds is 6. The van der Waals surface area contributed by atoms with Crippen molar-refractivity contribution in [1.82, 2.24) is 0 Å². The van der Waals surface area contributed by atoms with E-state index in [9.17, 15) is 0 Å². The second kappa shape index (κ2) is 4.45. The van der Waals surface area contributed by atoms with Crippen molar-refractivity contribution in [2.24, 2.45) is 11.7 Å². The van der Waals surface area contributed by atoms with Crippen molar-refractivity contribution in [2.75, 3.05) is 6.61 Å². The predicted octanol–water partition coefficient (Wildman–Crippen LogP) is 1.52. The van der Waals surface area contributed by atoms with Gasteiger partial charge in [0, 0.05) is 6.61 Å². The zero-order valence-electron chi connectivity index (χ0n) is 7.68. The summed E-state index contributed by atoms with van der Waals surface area (Å²) >= 11 is 0. The van der Waals surface area contributed by atoms with Crippen LogP contribution in [0.15, 0.2) is 0 Å². The molecule has 0 aromatic carbocycles. The lowest BCUT2D eigenvalue weighted by atomic mass is 10.2. The van der Waals surface area contributed by atoms with Gasteiger partial charge in [0.05, 0.1) is 0 Å². The lowest BCUT2D eigenvalue weighted by Crippen LogP contribution is -2.30. The van der Waals surface area contributed by atoms with E-state index in [0.29, 0.717) is 0 Å². The summed E-state index contributed by atoms with van der Waals surface area (Å²) < 4.78 is 5.45. The molecule has 0 aromatic heterocycles. The molecular formula is C9H18N2O. The van der Waals surface area contributed by atoms with E-state index in [-0.39, 0.29) is 11.9 Å². The van der Waals surface area contributed by atoms with Crippen LogP contribution in [0.5, 0.6) is 0 Å². The fourth-order valence-corrected chi connectivity index (χ4v) is 1.21. The number of nitrogens with one attached hydrogen (secondary N) is 1. The summed E-state index contributed by atoms with van der Waals surface area (Å²) in [5.41, 5.74) is 5.34. The van der Waals surface area contributed by atoms with E-state index in [1.807, 2.05) is 6.92 Å². The van der Waals surface area contributed by atoms with Crippen LogP contribution in [0.4, 0.5) is 0 Å². The molecule has 3 N–H and O–H groups in total. The zero-order valence-corrected chi connectivity index (χ0v) is 7.68. The second-order valence-electron chi connectivity index (χ2n) is 3.46. The molecule has 1 aliphatic rings. The lowest BCUT2D eigenvalue weighted by molar-refractivity contribution is 0.0891. The second-order valence-corrected chi connectivity index (χ2v) is 3.46. The van der Waals surface area contributed by atoms with Crippen molar-refractivity contribution in [1.29, 1.82) is 5.41 Å². The van der Waals surface area contributed by atoms with Crippen molar-refractivity contribution in [3.8, 4) is 0 Å². The molecule has 1 unspecified atom stereocenters. The maximum absolute atomic E-state index is 7.21. The molecule has 0 radical (unpaired) electrons. The molecule has 1 rings (SSSR count). The molecule has 0 bridgehead atoms. The first-order valence-corrected chi connectivity index (χ1v) is 4.69. The number of ether oxygens (including phenoxy) is 1. The van der Waals surface area contributed by atoms with Gasteiger partial charge in [0.15, 0.2) is 0 Å². The molecule has 0 amide bonds. The van der Waals surface area contributed by atoms with Crippen molar-refractivity contribution < 1.29 is 4.74 Å². The smallest absolute Gasteiger partial charge is 0.120 e. The summed E-state index contributed by atoms with van der Waals surface area (Å²) in [4.78, 5) is 0. The number of amidine groups is 1. The van der Waals surface area contributed by atoms with Gasteiger partial charge in [0.2, 0.25) is 0 Å². The monoisotopic (exact) mass is 170 g/mol. The Hall–Kier alpha value is -0.570. The summed E-state index contributed by atoms with van der Waals surface area (Å²) in [6, 6.07) is 0. The first-order valence-electron chi connectivity index (χ1n) is 4.69. The normalized spacial score (nSPS) is 19.1. The molecular weight excluding hydrogens is 152 g/mol. The summed E-state index contributed by atoms with van der Waals surface area (Å²) in [6.45, 7) is 2.76. The summed E-state index contributed by atoms with van der Waals surface area (Å²) in [5.74, 6) is 1.06. The van der Waals surface area contributed by atoms with Gasteiger partial charge in [0.1, 0.15) is 11.9 Å². The van der Waals surface area contributed by atoms with E-state index in [1.165, 1.54) is 12.8 Å². The maximum atomic E-state index is 7.21. The van der Waals surface area contributed by atoms with Gasteiger partial charge >= 0.3 is 0 Å². The third kappa shape index (κ3) is 3.22. The van der Waals surface area contributed by atoms with Crippen LogP contribution < -0.4 is 5.73 Å². The largest absolute Gasteiger partial charge is 0.385 e. The minimum atomic E-state index is -0.149. The van der Waals surface area contributed by atoms with Crippen LogP contribution in [0, 0.1) is 11.3 Å². The van der Waals surface area contributed by atoms with Gasteiger partial charge in [-0.15, -0.1) is 0 Å². The van der Waals surface area contributed by atoms with Gasteiger partial charge in [-0.1, -0.05) is 19.8 Å². The standard InChI is InChI=1S/C9H18N2O/c1-2-8(9(10)11)12-6-5-7-3-4-7/h7-8H,2-6H2,1H3,(H3,10,11). The van der Waals surface area contributed by atoms with Crippen LogP contribution in [0.1, 0.15) is 32.6 Å². The van der Waals surface area contributed by atoms with Crippen molar-refractivity contribution >= 4 is 5.84 Å². The minimum absolute atomic E-state index is 0.149. The first-order chi connectivity index (χ1) is 5.74. The van der Waals surface area contributed by atoms with E-state index in [2.05, 4.69) is 0 Å². The van der Waals surface area contributed by atoms with Crippen molar-refractivity contribution in [3.05, 3.63) is 0 Å². The first kappa shape index (κ1) is 9.52. The summed E-state index contributed by atoms with van der Waals surface area (Å²) in [5, 5.41) is 7.21. The molecule has 0 saturated heterocycles. The highest BCUT2D eigenvalue weighted by molar-refractivity contribution is 5.81. The molecule has 1 fully saturated rings. The molecule has 70 valence electrons. The van der Waals surface area contributed by atoms with Crippen molar-refractivity contribution in [3.63, 3.8) is 0 Å². The molecule has 0 spiro atoms. The maximum Gasteiger partial charge on any atom is 0.120 e. The number of hydrogen-bond donors (Lipinski definition) is 2. The van der Waals surface area contributed by atoms with E-state index < -0.39 is 0 Å². The fourth-order valence-electron chi connectivity index (χ4n) is 1.21. The quantitative estimate of drug-likeness (QED) is 0.469. The highest BCUT2D eigenvalue weighted by Crippen LogP contribution is 2.32. The van der Waals surface area contributed by atoms with Crippen LogP contribution in [-0.2, 0) is 4.74 Å². The number of nitrogens with two attached hydrogens (primary N) is 1. The van der Waals surface area contributed by atoms with E-state index in [4.69, 9.17) is 15.9 Å². The molecule has 1 saturated carbocycles. The zero-order chi connectivity index (χ0) is 8.97. The van der Waals surface area contributed by atoms with Crippen molar-refractivity contribution in [2.45, 2.75) is 38.7 Å². The predicted molar refractivity (Wildman–Crippen MR) is 49.3 cm³/mol. The number of hydrogen-bond acceptors (Lipinski definition) is 2. The van der Waals surface area contributed by atoms with Crippen LogP contribution in [0.25, 0.3) is 0 Å². The summed E-state index contributed by atoms with van der Waals surface area (Å²) in [6.07, 6.45) is 4.52. The Morgan fingerprint density at radius 1 is 1.67 bits per heavy atom. The third-order valence-electron chi connectivity index (χ3n) is 2.26. The molecule has 0 heterocycles. The highest BCUT2D eigenvalue weighted by atomic mass is 16.5. The lowest BCUT2D eigenvalue weighted by Gasteiger charge is -2.13. The third-order valence-corrected chi connectivity index (χ3v) is 2.26. The molecule has 3 nitrogen and oxygen atoms in total. The molecule has 3 heteroatoms. The van der Waals surface area contributed by atoms with Gasteiger partial charge in [0.25, 0.3) is 0 Å². The average molecular weight is 170 g/mol. The van der Waals surface area contributed by atoms with Crippen LogP contribution in [0.3, 0.4) is 0 Å². The van der Waals surface area contributed by atoms with E-state index in [1.54, 1.807) is 0 Å². The Morgan fingerprint density at radius 3 is 2.75 bits per heavy atom. The van der Waals surface area contributed by atoms with Crippen LogP contribution >= 0.6 is 0 Å². The van der Waals surface area contributed by atoms with Crippen LogP contribution in [0.2, 0.25) is 0 Å².